The number of hydrogen-bond acceptors (Lipinski definition) is 2. The SMILES string of the molecule is CCCC(CCC)N(C(=O)CI)C1=CC(OC(F)(F)F)=CCC1C. The maximum atomic E-state index is 12.5. The lowest BCUT2D eigenvalue weighted by Gasteiger charge is -2.37. The number of allylic oxidation sites excluding steroid dienone is 3. The summed E-state index contributed by atoms with van der Waals surface area (Å²) in [5, 5.41) is 0. The van der Waals surface area contributed by atoms with E-state index < -0.39 is 6.36 Å². The van der Waals surface area contributed by atoms with Gasteiger partial charge in [-0.2, -0.15) is 0 Å². The first-order valence-corrected chi connectivity index (χ1v) is 9.81. The molecule has 0 aliphatic heterocycles. The van der Waals surface area contributed by atoms with E-state index in [0.717, 1.165) is 25.7 Å². The highest BCUT2D eigenvalue weighted by molar-refractivity contribution is 14.1. The summed E-state index contributed by atoms with van der Waals surface area (Å²) >= 11 is 2.01. The minimum Gasteiger partial charge on any atom is -0.406 e. The van der Waals surface area contributed by atoms with Gasteiger partial charge in [0.1, 0.15) is 5.76 Å². The molecule has 1 aliphatic carbocycles. The van der Waals surface area contributed by atoms with Crippen LogP contribution in [0.2, 0.25) is 0 Å². The van der Waals surface area contributed by atoms with Crippen LogP contribution in [0.5, 0.6) is 0 Å². The van der Waals surface area contributed by atoms with E-state index in [1.54, 1.807) is 4.90 Å². The third-order valence-corrected chi connectivity index (χ3v) is 4.62. The summed E-state index contributed by atoms with van der Waals surface area (Å²) in [4.78, 5) is 14.3. The van der Waals surface area contributed by atoms with Crippen LogP contribution in [0.1, 0.15) is 52.9 Å². The largest absolute Gasteiger partial charge is 0.573 e. The van der Waals surface area contributed by atoms with Gasteiger partial charge in [-0.3, -0.25) is 4.79 Å². The Hall–Kier alpha value is -0.730. The molecule has 0 spiro atoms. The van der Waals surface area contributed by atoms with E-state index in [4.69, 9.17) is 0 Å². The topological polar surface area (TPSA) is 29.5 Å². The van der Waals surface area contributed by atoms with Crippen LogP contribution in [0.25, 0.3) is 0 Å². The Kier molecular flexibility index (Phi) is 8.59. The lowest BCUT2D eigenvalue weighted by molar-refractivity contribution is -0.303. The van der Waals surface area contributed by atoms with E-state index in [0.29, 0.717) is 16.5 Å². The quantitative estimate of drug-likeness (QED) is 0.351. The predicted molar refractivity (Wildman–Crippen MR) is 96.4 cm³/mol. The molecule has 0 fully saturated rings. The van der Waals surface area contributed by atoms with Gasteiger partial charge in [0.25, 0.3) is 0 Å². The second-order valence-corrected chi connectivity index (χ2v) is 6.75. The van der Waals surface area contributed by atoms with Crippen LogP contribution in [-0.4, -0.2) is 27.6 Å². The Morgan fingerprint density at radius 3 is 2.42 bits per heavy atom. The number of halogens is 4. The van der Waals surface area contributed by atoms with Crippen LogP contribution in [0.3, 0.4) is 0 Å². The summed E-state index contributed by atoms with van der Waals surface area (Å²) in [5.74, 6) is -0.309. The molecule has 0 N–H and O–H groups in total. The number of nitrogens with zero attached hydrogens (tertiary/aromatic N) is 1. The van der Waals surface area contributed by atoms with Crippen molar-refractivity contribution in [1.82, 2.24) is 4.90 Å². The molecule has 0 radical (unpaired) electrons. The first-order chi connectivity index (χ1) is 11.2. The van der Waals surface area contributed by atoms with Crippen LogP contribution in [0.15, 0.2) is 23.6 Å². The minimum absolute atomic E-state index is 0.0150. The fraction of sp³-hybridized carbons (Fsp3) is 0.706. The first kappa shape index (κ1) is 21.3. The van der Waals surface area contributed by atoms with Crippen molar-refractivity contribution in [3.05, 3.63) is 23.6 Å². The van der Waals surface area contributed by atoms with Gasteiger partial charge in [0.2, 0.25) is 5.91 Å². The van der Waals surface area contributed by atoms with Gasteiger partial charge >= 0.3 is 6.36 Å². The van der Waals surface area contributed by atoms with Gasteiger partial charge < -0.3 is 9.64 Å². The standard InChI is InChI=1S/C17H25F3INO2/c1-4-6-13(7-5-2)22(16(23)11-21)15-10-14(9-8-12(15)3)24-17(18,19)20/h9-10,12-13H,4-8,11H2,1-3H3. The fourth-order valence-electron chi connectivity index (χ4n) is 2.96. The summed E-state index contributed by atoms with van der Waals surface area (Å²) in [6, 6.07) is 0.0150. The Labute approximate surface area is 155 Å². The molecular formula is C17H25F3INO2. The van der Waals surface area contributed by atoms with Crippen LogP contribution < -0.4 is 0 Å². The van der Waals surface area contributed by atoms with Gasteiger partial charge in [0, 0.05) is 23.7 Å². The lowest BCUT2D eigenvalue weighted by atomic mass is 9.94. The number of rotatable bonds is 8. The molecular weight excluding hydrogens is 434 g/mol. The minimum atomic E-state index is -4.72. The monoisotopic (exact) mass is 459 g/mol. The molecule has 0 aromatic carbocycles. The van der Waals surface area contributed by atoms with E-state index in [9.17, 15) is 18.0 Å². The summed E-state index contributed by atoms with van der Waals surface area (Å²) in [6.45, 7) is 6.02. The third-order valence-electron chi connectivity index (χ3n) is 3.97. The zero-order valence-corrected chi connectivity index (χ0v) is 16.5. The third kappa shape index (κ3) is 6.29. The van der Waals surface area contributed by atoms with Gasteiger partial charge in [-0.25, -0.2) is 0 Å². The van der Waals surface area contributed by atoms with Gasteiger partial charge in [0.15, 0.2) is 0 Å². The molecule has 138 valence electrons. The zero-order chi connectivity index (χ0) is 18.3. The number of carbonyl (C=O) groups excluding carboxylic acids is 1. The van der Waals surface area contributed by atoms with Crippen molar-refractivity contribution >= 4 is 28.5 Å². The molecule has 1 atom stereocenters. The summed E-state index contributed by atoms with van der Waals surface area (Å²) in [5.41, 5.74) is 0.630. The number of carbonyl (C=O) groups is 1. The Balaban J connectivity index is 3.18. The molecule has 0 aromatic heterocycles. The molecule has 0 aromatic rings. The van der Waals surface area contributed by atoms with Crippen molar-refractivity contribution in [2.45, 2.75) is 65.3 Å². The Bertz CT molecular complexity index is 483. The van der Waals surface area contributed by atoms with E-state index in [2.05, 4.69) is 4.74 Å². The Morgan fingerprint density at radius 1 is 1.38 bits per heavy atom. The molecule has 24 heavy (non-hydrogen) atoms. The highest BCUT2D eigenvalue weighted by Crippen LogP contribution is 2.33. The molecule has 0 saturated heterocycles. The van der Waals surface area contributed by atoms with E-state index in [1.807, 2.05) is 43.4 Å². The average Bonchev–Trinajstić information content (AvgIpc) is 2.49. The van der Waals surface area contributed by atoms with E-state index in [1.165, 1.54) is 12.2 Å². The normalized spacial score (nSPS) is 18.2. The molecule has 1 aliphatic rings. The highest BCUT2D eigenvalue weighted by Gasteiger charge is 2.34. The maximum Gasteiger partial charge on any atom is 0.573 e. The molecule has 7 heteroatoms. The number of alkyl halides is 4. The predicted octanol–water partition coefficient (Wildman–Crippen LogP) is 5.56. The molecule has 0 heterocycles. The maximum absolute atomic E-state index is 12.5. The fourth-order valence-corrected chi connectivity index (χ4v) is 3.33. The van der Waals surface area contributed by atoms with Crippen molar-refractivity contribution in [1.29, 1.82) is 0 Å². The van der Waals surface area contributed by atoms with Gasteiger partial charge in [-0.1, -0.05) is 56.2 Å². The summed E-state index contributed by atoms with van der Waals surface area (Å²) in [6.07, 6.45) is 2.01. The van der Waals surface area contributed by atoms with Crippen molar-refractivity contribution in [2.24, 2.45) is 5.92 Å². The molecule has 0 saturated carbocycles. The molecule has 1 unspecified atom stereocenters. The van der Waals surface area contributed by atoms with Crippen LogP contribution in [0.4, 0.5) is 13.2 Å². The zero-order valence-electron chi connectivity index (χ0n) is 14.3. The van der Waals surface area contributed by atoms with Gasteiger partial charge in [-0.15, -0.1) is 13.2 Å². The smallest absolute Gasteiger partial charge is 0.406 e. The highest BCUT2D eigenvalue weighted by atomic mass is 127. The average molecular weight is 459 g/mol. The molecule has 3 nitrogen and oxygen atoms in total. The molecule has 1 rings (SSSR count). The second-order valence-electron chi connectivity index (χ2n) is 5.99. The lowest BCUT2D eigenvalue weighted by Crippen LogP contribution is -2.42. The van der Waals surface area contributed by atoms with Crippen LogP contribution >= 0.6 is 22.6 Å². The van der Waals surface area contributed by atoms with Crippen molar-refractivity contribution in [3.63, 3.8) is 0 Å². The number of hydrogen-bond donors (Lipinski definition) is 0. The van der Waals surface area contributed by atoms with Gasteiger partial charge in [0.05, 0.1) is 4.43 Å². The van der Waals surface area contributed by atoms with Crippen molar-refractivity contribution in [2.75, 3.05) is 4.43 Å². The van der Waals surface area contributed by atoms with Crippen LogP contribution in [0, 0.1) is 5.92 Å². The summed E-state index contributed by atoms with van der Waals surface area (Å²) < 4.78 is 41.9. The number of ether oxygens (including phenoxy) is 1. The second kappa shape index (κ2) is 9.68. The van der Waals surface area contributed by atoms with Crippen molar-refractivity contribution < 1.29 is 22.7 Å². The molecule has 1 amide bonds. The van der Waals surface area contributed by atoms with E-state index >= 15 is 0 Å². The van der Waals surface area contributed by atoms with Crippen molar-refractivity contribution in [3.8, 4) is 0 Å². The van der Waals surface area contributed by atoms with Crippen LogP contribution in [-0.2, 0) is 9.53 Å². The summed E-state index contributed by atoms with van der Waals surface area (Å²) in [7, 11) is 0. The van der Waals surface area contributed by atoms with Gasteiger partial charge in [-0.05, 0) is 25.3 Å². The van der Waals surface area contributed by atoms with E-state index in [-0.39, 0.29) is 23.6 Å². The molecule has 0 bridgehead atoms. The first-order valence-electron chi connectivity index (χ1n) is 8.28. The number of amides is 1. The Morgan fingerprint density at radius 2 is 1.96 bits per heavy atom.